The third-order valence-corrected chi connectivity index (χ3v) is 8.63. The van der Waals surface area contributed by atoms with Gasteiger partial charge >= 0.3 is 5.97 Å². The van der Waals surface area contributed by atoms with E-state index in [4.69, 9.17) is 14.7 Å². The Balaban J connectivity index is 1.90. The van der Waals surface area contributed by atoms with Crippen LogP contribution >= 0.6 is 0 Å². The van der Waals surface area contributed by atoms with Crippen molar-refractivity contribution in [1.82, 2.24) is 19.9 Å². The number of H-pyrrole nitrogens is 2. The largest absolute Gasteiger partial charge is 0.481 e. The lowest BCUT2D eigenvalue weighted by Gasteiger charge is -2.05. The van der Waals surface area contributed by atoms with Crippen molar-refractivity contribution in [3.8, 4) is 0 Å². The third kappa shape index (κ3) is 5.29. The van der Waals surface area contributed by atoms with Crippen LogP contribution in [0.15, 0.2) is 24.3 Å². The van der Waals surface area contributed by atoms with E-state index in [9.17, 15) is 14.7 Å². The molecule has 8 heteroatoms. The third-order valence-electron chi connectivity index (χ3n) is 8.63. The molecule has 0 radical (unpaired) electrons. The molecule has 5 rings (SSSR count). The minimum absolute atomic E-state index is 0.00818. The van der Waals surface area contributed by atoms with Gasteiger partial charge in [-0.1, -0.05) is 13.8 Å². The summed E-state index contributed by atoms with van der Waals surface area (Å²) in [6.45, 7) is 13.4. The highest BCUT2D eigenvalue weighted by Gasteiger charge is 2.22. The Hall–Kier alpha value is -4.46. The van der Waals surface area contributed by atoms with E-state index in [1.807, 2.05) is 19.9 Å². The molecule has 0 saturated heterocycles. The highest BCUT2D eigenvalue weighted by molar-refractivity contribution is 5.96. The predicted molar refractivity (Wildman–Crippen MR) is 168 cm³/mol. The number of allylic oxidation sites excluding steroid dienone is 3. The molecular weight excluding hydrogens is 528 g/mol. The zero-order chi connectivity index (χ0) is 30.1. The van der Waals surface area contributed by atoms with E-state index in [1.54, 1.807) is 0 Å². The summed E-state index contributed by atoms with van der Waals surface area (Å²) in [6.07, 6.45) is 2.63. The molecule has 3 aromatic rings. The molecule has 0 fully saturated rings. The summed E-state index contributed by atoms with van der Waals surface area (Å²) in [5.41, 5.74) is 16.0. The maximum Gasteiger partial charge on any atom is 0.303 e. The highest BCUT2D eigenvalue weighted by atomic mass is 16.5. The molecule has 0 spiro atoms. The maximum absolute atomic E-state index is 11.5. The topological polar surface area (TPSA) is 121 Å². The van der Waals surface area contributed by atoms with Crippen LogP contribution in [-0.2, 0) is 27.2 Å². The first-order valence-electron chi connectivity index (χ1n) is 14.6. The molecule has 8 nitrogen and oxygen atoms in total. The average molecular weight is 567 g/mol. The lowest BCUT2D eigenvalue weighted by molar-refractivity contribution is -0.136. The Morgan fingerprint density at radius 3 is 1.79 bits per heavy atom. The second kappa shape index (κ2) is 11.8. The summed E-state index contributed by atoms with van der Waals surface area (Å²) in [5.74, 6) is -0.850. The molecule has 42 heavy (non-hydrogen) atoms. The fraction of sp³-hybridized carbons (Fsp3) is 0.353. The van der Waals surface area contributed by atoms with Gasteiger partial charge in [0.1, 0.15) is 0 Å². The van der Waals surface area contributed by atoms with Gasteiger partial charge in [-0.25, -0.2) is 9.97 Å². The first kappa shape index (κ1) is 29.0. The van der Waals surface area contributed by atoms with Gasteiger partial charge in [-0.05, 0) is 116 Å². The number of carbonyl (C=O) groups is 2. The number of fused-ring (bicyclic) bond motifs is 8. The van der Waals surface area contributed by atoms with E-state index in [1.165, 1.54) is 22.3 Å². The van der Waals surface area contributed by atoms with Crippen molar-refractivity contribution in [2.24, 2.45) is 0 Å². The van der Waals surface area contributed by atoms with Gasteiger partial charge < -0.3 is 19.8 Å². The second-order valence-electron chi connectivity index (χ2n) is 11.0. The summed E-state index contributed by atoms with van der Waals surface area (Å²) in [6, 6.07) is 8.33. The van der Waals surface area contributed by atoms with Gasteiger partial charge in [0.15, 0.2) is 0 Å². The molecule has 0 unspecified atom stereocenters. The van der Waals surface area contributed by atoms with E-state index in [0.29, 0.717) is 25.0 Å². The molecular formula is C34H38N4O4. The number of carboxylic acids is 1. The molecule has 3 N–H and O–H groups in total. The number of aromatic nitrogens is 4. The van der Waals surface area contributed by atoms with Crippen LogP contribution in [0.4, 0.5) is 0 Å². The number of carboxylic acid groups (broad SMARTS) is 1. The van der Waals surface area contributed by atoms with Crippen LogP contribution < -0.4 is 0 Å². The smallest absolute Gasteiger partial charge is 0.303 e. The zero-order valence-electron chi connectivity index (χ0n) is 25.2. The van der Waals surface area contributed by atoms with Crippen molar-refractivity contribution in [2.45, 2.75) is 73.6 Å². The average Bonchev–Trinajstić information content (AvgIpc) is 3.61. The molecule has 0 amide bonds. The van der Waals surface area contributed by atoms with Crippen LogP contribution in [0.5, 0.6) is 0 Å². The lowest BCUT2D eigenvalue weighted by Crippen LogP contribution is -1.96. The number of nitrogens with zero attached hydrogens (tertiary/aromatic N) is 2. The molecule has 3 aromatic heterocycles. The Bertz CT molecular complexity index is 1820. The summed E-state index contributed by atoms with van der Waals surface area (Å²) < 4.78 is 5.06. The summed E-state index contributed by atoms with van der Waals surface area (Å²) in [7, 11) is 0. The van der Waals surface area contributed by atoms with Crippen LogP contribution in [0.1, 0.15) is 92.0 Å². The van der Waals surface area contributed by atoms with Gasteiger partial charge in [0.05, 0.1) is 29.4 Å². The van der Waals surface area contributed by atoms with Gasteiger partial charge in [0, 0.05) is 34.9 Å². The van der Waals surface area contributed by atoms with E-state index in [-0.39, 0.29) is 13.0 Å². The standard InChI is InChI=1S/C34H38N4O4/c1-7-22-18(3)26-13-27-21(6)25(11-12-42-17-39)33(37-27)16-32-24(9-10-34(40)41)20(5)29(38-32)15-31-23(8-2)19(4)28(36-31)14-30(22)35-26/h13-17,35-36H,7-12H2,1-6H3,(H,40,41). The predicted octanol–water partition coefficient (Wildman–Crippen LogP) is 7.35. The van der Waals surface area contributed by atoms with E-state index < -0.39 is 5.97 Å². The molecule has 218 valence electrons. The van der Waals surface area contributed by atoms with Crippen LogP contribution in [-0.4, -0.2) is 44.1 Å². The number of nitrogens with one attached hydrogen (secondary N) is 2. The first-order valence-corrected chi connectivity index (χ1v) is 14.6. The zero-order valence-corrected chi connectivity index (χ0v) is 25.2. The van der Waals surface area contributed by atoms with E-state index in [2.05, 4.69) is 55.9 Å². The fourth-order valence-electron chi connectivity index (χ4n) is 6.20. The number of carbonyl (C=O) groups excluding carboxylic acids is 1. The maximum atomic E-state index is 11.5. The molecule has 2 aliphatic rings. The Morgan fingerprint density at radius 2 is 1.26 bits per heavy atom. The fourth-order valence-corrected chi connectivity index (χ4v) is 6.20. The van der Waals surface area contributed by atoms with Gasteiger partial charge in [-0.15, -0.1) is 0 Å². The lowest BCUT2D eigenvalue weighted by atomic mass is 9.99. The monoisotopic (exact) mass is 566 g/mol. The number of aliphatic carboxylic acids is 1. The normalized spacial score (nSPS) is 13.2. The van der Waals surface area contributed by atoms with Crippen molar-refractivity contribution in [1.29, 1.82) is 0 Å². The van der Waals surface area contributed by atoms with Crippen molar-refractivity contribution < 1.29 is 19.4 Å². The molecule has 5 heterocycles. The van der Waals surface area contributed by atoms with Crippen LogP contribution in [0.2, 0.25) is 0 Å². The molecule has 0 saturated carbocycles. The molecule has 8 bridgehead atoms. The summed E-state index contributed by atoms with van der Waals surface area (Å²) in [4.78, 5) is 39.8. The van der Waals surface area contributed by atoms with Gasteiger partial charge in [-0.3, -0.25) is 9.59 Å². The number of rotatable bonds is 9. The summed E-state index contributed by atoms with van der Waals surface area (Å²) >= 11 is 0. The van der Waals surface area contributed by atoms with Crippen LogP contribution in [0.3, 0.4) is 0 Å². The number of aryl methyl sites for hydroxylation is 4. The van der Waals surface area contributed by atoms with Crippen LogP contribution in [0, 0.1) is 13.8 Å². The second-order valence-corrected chi connectivity index (χ2v) is 11.0. The molecule has 0 aliphatic carbocycles. The molecule has 2 aliphatic heterocycles. The van der Waals surface area contributed by atoms with Gasteiger partial charge in [0.2, 0.25) is 0 Å². The SMILES string of the molecule is CCc1c(C)c2cc3[nH]c(cc4nc(cc5nc(cc1[nH]2)C(C)=C5CCC(=O)O)C(CCOC=O)=C4C)c(C)c3CC. The van der Waals surface area contributed by atoms with Gasteiger partial charge in [-0.2, -0.15) is 0 Å². The van der Waals surface area contributed by atoms with Crippen molar-refractivity contribution in [2.75, 3.05) is 6.61 Å². The highest BCUT2D eigenvalue weighted by Crippen LogP contribution is 2.37. The van der Waals surface area contributed by atoms with E-state index >= 15 is 0 Å². The minimum Gasteiger partial charge on any atom is -0.481 e. The van der Waals surface area contributed by atoms with Gasteiger partial charge in [0.25, 0.3) is 6.47 Å². The van der Waals surface area contributed by atoms with E-state index in [0.717, 1.165) is 74.3 Å². The summed E-state index contributed by atoms with van der Waals surface area (Å²) in [5, 5.41) is 9.48. The molecule has 0 aromatic carbocycles. The number of ether oxygens (including phenoxy) is 1. The number of hydrogen-bond donors (Lipinski definition) is 3. The van der Waals surface area contributed by atoms with Crippen molar-refractivity contribution >= 4 is 56.8 Å². The Kier molecular flexibility index (Phi) is 8.16. The minimum atomic E-state index is -0.850. The number of hydrogen-bond acceptors (Lipinski definition) is 5. The van der Waals surface area contributed by atoms with Crippen LogP contribution in [0.25, 0.3) is 44.4 Å². The number of aromatic amines is 2. The Morgan fingerprint density at radius 1 is 0.762 bits per heavy atom. The first-order chi connectivity index (χ1) is 20.2. The molecule has 0 atom stereocenters. The van der Waals surface area contributed by atoms with Crippen molar-refractivity contribution in [3.05, 3.63) is 69.3 Å². The quantitative estimate of drug-likeness (QED) is 0.184. The van der Waals surface area contributed by atoms with Crippen molar-refractivity contribution in [3.63, 3.8) is 0 Å². The Labute approximate surface area is 245 Å².